The van der Waals surface area contributed by atoms with Crippen molar-refractivity contribution >= 4 is 11.8 Å². The molecule has 4 heteroatoms. The quantitative estimate of drug-likeness (QED) is 0.815. The first-order chi connectivity index (χ1) is 8.59. The molecule has 1 saturated heterocycles. The standard InChI is InChI=1S/C14H24N2O2/c1-3-11(2)16-10-7-12(17)15-14(13(16)18)8-5-4-6-9-14/h11H,3-10H2,1-2H3,(H,15,17). The van der Waals surface area contributed by atoms with Crippen LogP contribution in [-0.4, -0.2) is 34.8 Å². The van der Waals surface area contributed by atoms with E-state index in [1.807, 2.05) is 4.90 Å². The van der Waals surface area contributed by atoms with Gasteiger partial charge in [-0.1, -0.05) is 26.2 Å². The Labute approximate surface area is 109 Å². The Kier molecular flexibility index (Phi) is 3.93. The maximum Gasteiger partial charge on any atom is 0.248 e. The van der Waals surface area contributed by atoms with Gasteiger partial charge in [-0.2, -0.15) is 0 Å². The predicted molar refractivity (Wildman–Crippen MR) is 70.0 cm³/mol. The molecule has 1 aliphatic carbocycles. The third kappa shape index (κ3) is 2.38. The van der Waals surface area contributed by atoms with E-state index in [-0.39, 0.29) is 17.9 Å². The largest absolute Gasteiger partial charge is 0.342 e. The summed E-state index contributed by atoms with van der Waals surface area (Å²) in [6, 6.07) is 0.226. The van der Waals surface area contributed by atoms with Crippen molar-refractivity contribution in [3.63, 3.8) is 0 Å². The molecular weight excluding hydrogens is 228 g/mol. The van der Waals surface area contributed by atoms with Gasteiger partial charge in [0.25, 0.3) is 0 Å². The highest BCUT2D eigenvalue weighted by molar-refractivity contribution is 5.93. The molecule has 2 aliphatic rings. The fourth-order valence-corrected chi connectivity index (χ4v) is 3.12. The van der Waals surface area contributed by atoms with E-state index in [1.165, 1.54) is 6.42 Å². The molecule has 102 valence electrons. The summed E-state index contributed by atoms with van der Waals surface area (Å²) < 4.78 is 0. The molecule has 0 radical (unpaired) electrons. The first-order valence-corrected chi connectivity index (χ1v) is 7.21. The van der Waals surface area contributed by atoms with E-state index in [9.17, 15) is 9.59 Å². The molecule has 2 rings (SSSR count). The lowest BCUT2D eigenvalue weighted by Gasteiger charge is -2.39. The lowest BCUT2D eigenvalue weighted by molar-refractivity contribution is -0.142. The number of nitrogens with zero attached hydrogens (tertiary/aromatic N) is 1. The van der Waals surface area contributed by atoms with Gasteiger partial charge >= 0.3 is 0 Å². The lowest BCUT2D eigenvalue weighted by atomic mass is 9.80. The lowest BCUT2D eigenvalue weighted by Crippen LogP contribution is -2.59. The second-order valence-corrected chi connectivity index (χ2v) is 5.70. The van der Waals surface area contributed by atoms with Crippen LogP contribution in [0.2, 0.25) is 0 Å². The van der Waals surface area contributed by atoms with Gasteiger partial charge in [0.1, 0.15) is 5.54 Å². The Balaban J connectivity index is 2.25. The highest BCUT2D eigenvalue weighted by atomic mass is 16.2. The van der Waals surface area contributed by atoms with Crippen molar-refractivity contribution in [2.45, 2.75) is 70.4 Å². The Morgan fingerprint density at radius 2 is 1.94 bits per heavy atom. The summed E-state index contributed by atoms with van der Waals surface area (Å²) in [5.41, 5.74) is -0.588. The summed E-state index contributed by atoms with van der Waals surface area (Å²) in [5, 5.41) is 3.02. The van der Waals surface area contributed by atoms with E-state index in [0.29, 0.717) is 13.0 Å². The van der Waals surface area contributed by atoms with Gasteiger partial charge in [-0.05, 0) is 26.2 Å². The number of amides is 2. The third-order valence-corrected chi connectivity index (χ3v) is 4.46. The van der Waals surface area contributed by atoms with Gasteiger partial charge in [0.2, 0.25) is 11.8 Å². The molecule has 1 unspecified atom stereocenters. The topological polar surface area (TPSA) is 49.4 Å². The summed E-state index contributed by atoms with van der Waals surface area (Å²) in [4.78, 5) is 26.6. The van der Waals surface area contributed by atoms with Crippen LogP contribution in [0.25, 0.3) is 0 Å². The van der Waals surface area contributed by atoms with E-state index >= 15 is 0 Å². The van der Waals surface area contributed by atoms with Crippen molar-refractivity contribution in [3.8, 4) is 0 Å². The van der Waals surface area contributed by atoms with E-state index in [1.54, 1.807) is 0 Å². The van der Waals surface area contributed by atoms with Crippen LogP contribution in [0, 0.1) is 0 Å². The van der Waals surface area contributed by atoms with Gasteiger partial charge < -0.3 is 10.2 Å². The van der Waals surface area contributed by atoms with Crippen LogP contribution < -0.4 is 5.32 Å². The molecule has 2 amide bonds. The van der Waals surface area contributed by atoms with Crippen LogP contribution in [0.1, 0.15) is 58.8 Å². The third-order valence-electron chi connectivity index (χ3n) is 4.46. The number of hydrogen-bond donors (Lipinski definition) is 1. The monoisotopic (exact) mass is 252 g/mol. The number of hydrogen-bond acceptors (Lipinski definition) is 2. The zero-order valence-electron chi connectivity index (χ0n) is 11.5. The Bertz CT molecular complexity index is 335. The van der Waals surface area contributed by atoms with E-state index < -0.39 is 5.54 Å². The summed E-state index contributed by atoms with van der Waals surface area (Å²) in [7, 11) is 0. The van der Waals surface area contributed by atoms with Crippen molar-refractivity contribution in [2.75, 3.05) is 6.54 Å². The van der Waals surface area contributed by atoms with Crippen LogP contribution in [0.5, 0.6) is 0 Å². The van der Waals surface area contributed by atoms with Gasteiger partial charge in [0.05, 0.1) is 0 Å². The minimum Gasteiger partial charge on any atom is -0.342 e. The summed E-state index contributed by atoms with van der Waals surface area (Å²) in [6.07, 6.45) is 6.26. The van der Waals surface area contributed by atoms with E-state index in [4.69, 9.17) is 0 Å². The normalized spacial score (nSPS) is 25.8. The van der Waals surface area contributed by atoms with Crippen molar-refractivity contribution < 1.29 is 9.59 Å². The zero-order chi connectivity index (χ0) is 13.2. The molecule has 1 saturated carbocycles. The van der Waals surface area contributed by atoms with E-state index in [0.717, 1.165) is 32.1 Å². The minimum absolute atomic E-state index is 0.0380. The minimum atomic E-state index is -0.588. The first kappa shape index (κ1) is 13.4. The summed E-state index contributed by atoms with van der Waals surface area (Å²) in [5.74, 6) is 0.193. The summed E-state index contributed by atoms with van der Waals surface area (Å²) in [6.45, 7) is 4.73. The molecule has 4 nitrogen and oxygen atoms in total. The highest BCUT2D eigenvalue weighted by Crippen LogP contribution is 2.32. The van der Waals surface area contributed by atoms with Gasteiger partial charge in [-0.3, -0.25) is 9.59 Å². The number of nitrogens with one attached hydrogen (secondary N) is 1. The van der Waals surface area contributed by atoms with Gasteiger partial charge in [0.15, 0.2) is 0 Å². The van der Waals surface area contributed by atoms with Crippen LogP contribution >= 0.6 is 0 Å². The molecule has 1 atom stereocenters. The maximum atomic E-state index is 12.8. The van der Waals surface area contributed by atoms with Crippen LogP contribution in [0.4, 0.5) is 0 Å². The predicted octanol–water partition coefficient (Wildman–Crippen LogP) is 1.84. The molecular formula is C14H24N2O2. The smallest absolute Gasteiger partial charge is 0.248 e. The van der Waals surface area contributed by atoms with Crippen molar-refractivity contribution in [1.82, 2.24) is 10.2 Å². The van der Waals surface area contributed by atoms with Crippen molar-refractivity contribution in [2.24, 2.45) is 0 Å². The number of carbonyl (C=O) groups excluding carboxylic acids is 2. The molecule has 18 heavy (non-hydrogen) atoms. The molecule has 2 fully saturated rings. The maximum absolute atomic E-state index is 12.8. The van der Waals surface area contributed by atoms with Crippen LogP contribution in [0.15, 0.2) is 0 Å². The number of carbonyl (C=O) groups is 2. The summed E-state index contributed by atoms with van der Waals surface area (Å²) >= 11 is 0. The van der Waals surface area contributed by atoms with Crippen molar-refractivity contribution in [1.29, 1.82) is 0 Å². The van der Waals surface area contributed by atoms with E-state index in [2.05, 4.69) is 19.2 Å². The van der Waals surface area contributed by atoms with Crippen LogP contribution in [0.3, 0.4) is 0 Å². The molecule has 1 heterocycles. The van der Waals surface area contributed by atoms with Gasteiger partial charge in [-0.25, -0.2) is 0 Å². The Morgan fingerprint density at radius 3 is 2.56 bits per heavy atom. The second kappa shape index (κ2) is 5.29. The SMILES string of the molecule is CCC(C)N1CCC(=O)NC2(CCCCC2)C1=O. The average Bonchev–Trinajstić information content (AvgIpc) is 2.49. The molecule has 0 aromatic carbocycles. The highest BCUT2D eigenvalue weighted by Gasteiger charge is 2.45. The van der Waals surface area contributed by atoms with Crippen LogP contribution in [-0.2, 0) is 9.59 Å². The zero-order valence-corrected chi connectivity index (χ0v) is 11.5. The molecule has 1 aliphatic heterocycles. The Morgan fingerprint density at radius 1 is 1.28 bits per heavy atom. The van der Waals surface area contributed by atoms with Gasteiger partial charge in [0, 0.05) is 19.0 Å². The second-order valence-electron chi connectivity index (χ2n) is 5.70. The molecule has 1 spiro atoms. The Hall–Kier alpha value is -1.06. The van der Waals surface area contributed by atoms with Gasteiger partial charge in [-0.15, -0.1) is 0 Å². The fraction of sp³-hybridized carbons (Fsp3) is 0.857. The molecule has 0 bridgehead atoms. The fourth-order valence-electron chi connectivity index (χ4n) is 3.12. The first-order valence-electron chi connectivity index (χ1n) is 7.21. The average molecular weight is 252 g/mol. The molecule has 0 aromatic heterocycles. The molecule has 0 aromatic rings. The van der Waals surface area contributed by atoms with Crippen molar-refractivity contribution in [3.05, 3.63) is 0 Å². The molecule has 1 N–H and O–H groups in total. The number of rotatable bonds is 2.